The number of hydrogen-bond donors (Lipinski definition) is 1. The Hall–Kier alpha value is -2.44. The summed E-state index contributed by atoms with van der Waals surface area (Å²) in [5.74, 6) is 0.622. The predicted molar refractivity (Wildman–Crippen MR) is 115 cm³/mol. The third-order valence-electron chi connectivity index (χ3n) is 5.60. The Bertz CT molecular complexity index is 1000. The van der Waals surface area contributed by atoms with Gasteiger partial charge in [0.2, 0.25) is 0 Å². The van der Waals surface area contributed by atoms with Crippen LogP contribution in [0.4, 0.5) is 0 Å². The Morgan fingerprint density at radius 1 is 1.24 bits per heavy atom. The van der Waals surface area contributed by atoms with Gasteiger partial charge in [-0.25, -0.2) is 0 Å². The highest BCUT2D eigenvalue weighted by Crippen LogP contribution is 2.22. The van der Waals surface area contributed by atoms with Crippen LogP contribution in [0.25, 0.3) is 17.0 Å². The monoisotopic (exact) mass is 411 g/mol. The van der Waals surface area contributed by atoms with Gasteiger partial charge >= 0.3 is 0 Å². The number of aromatic nitrogens is 3. The Morgan fingerprint density at radius 2 is 2.14 bits per heavy atom. The molecular formula is C22H26ClN5O. The average Bonchev–Trinajstić information content (AvgIpc) is 3.15. The maximum absolute atomic E-state index is 12.5. The highest BCUT2D eigenvalue weighted by atomic mass is 35.5. The van der Waals surface area contributed by atoms with Crippen molar-refractivity contribution in [2.75, 3.05) is 19.6 Å². The van der Waals surface area contributed by atoms with E-state index in [1.54, 1.807) is 12.1 Å². The quantitative estimate of drug-likeness (QED) is 0.622. The van der Waals surface area contributed by atoms with Gasteiger partial charge in [0.05, 0.1) is 0 Å². The second-order valence-corrected chi connectivity index (χ2v) is 8.10. The standard InChI is InChI=1S/C22H26ClN5O/c1-16-6-2-3-11-27(16)12-5-10-24-22(29)18-9-13-28-20(15-18)25-26-21(28)17-7-4-8-19(23)14-17/h4,7-9,13-16H,2-3,5-6,10-12H2,1H3,(H,24,29)/t16-/m1/s1. The van der Waals surface area contributed by atoms with Gasteiger partial charge in [0.25, 0.3) is 5.91 Å². The van der Waals surface area contributed by atoms with E-state index >= 15 is 0 Å². The van der Waals surface area contributed by atoms with Crippen LogP contribution in [0.5, 0.6) is 0 Å². The molecule has 1 aromatic carbocycles. The first-order valence-electron chi connectivity index (χ1n) is 10.2. The average molecular weight is 412 g/mol. The van der Waals surface area contributed by atoms with Gasteiger partial charge in [-0.3, -0.25) is 9.20 Å². The summed E-state index contributed by atoms with van der Waals surface area (Å²) in [4.78, 5) is 15.0. The van der Waals surface area contributed by atoms with Gasteiger partial charge < -0.3 is 10.2 Å². The maximum atomic E-state index is 12.5. The first-order valence-corrected chi connectivity index (χ1v) is 10.6. The van der Waals surface area contributed by atoms with Crippen LogP contribution in [0.3, 0.4) is 0 Å². The first-order chi connectivity index (χ1) is 14.1. The summed E-state index contributed by atoms with van der Waals surface area (Å²) in [5, 5.41) is 12.1. The van der Waals surface area contributed by atoms with Crippen LogP contribution in [-0.4, -0.2) is 51.1 Å². The van der Waals surface area contributed by atoms with Crippen molar-refractivity contribution in [1.29, 1.82) is 0 Å². The molecule has 1 atom stereocenters. The minimum Gasteiger partial charge on any atom is -0.352 e. The molecule has 0 unspecified atom stereocenters. The zero-order valence-corrected chi connectivity index (χ0v) is 17.4. The molecular weight excluding hydrogens is 386 g/mol. The molecule has 7 heteroatoms. The smallest absolute Gasteiger partial charge is 0.251 e. The lowest BCUT2D eigenvalue weighted by Gasteiger charge is -2.33. The van der Waals surface area contributed by atoms with E-state index in [0.717, 1.165) is 18.5 Å². The highest BCUT2D eigenvalue weighted by molar-refractivity contribution is 6.30. The van der Waals surface area contributed by atoms with Gasteiger partial charge in [-0.1, -0.05) is 30.2 Å². The topological polar surface area (TPSA) is 62.5 Å². The van der Waals surface area contributed by atoms with Crippen LogP contribution in [0, 0.1) is 0 Å². The Kier molecular flexibility index (Phi) is 6.11. The van der Waals surface area contributed by atoms with Crippen molar-refractivity contribution in [1.82, 2.24) is 24.8 Å². The summed E-state index contributed by atoms with van der Waals surface area (Å²) in [6.45, 7) is 5.18. The van der Waals surface area contributed by atoms with Crippen LogP contribution in [0.1, 0.15) is 43.0 Å². The third kappa shape index (κ3) is 4.60. The second-order valence-electron chi connectivity index (χ2n) is 7.67. The SMILES string of the molecule is C[C@@H]1CCCCN1CCCNC(=O)c1ccn2c(-c3cccc(Cl)c3)nnc2c1. The summed E-state index contributed by atoms with van der Waals surface area (Å²) in [5.41, 5.74) is 2.11. The van der Waals surface area contributed by atoms with E-state index in [1.165, 1.54) is 25.8 Å². The third-order valence-corrected chi connectivity index (χ3v) is 5.84. The van der Waals surface area contributed by atoms with Crippen molar-refractivity contribution in [2.24, 2.45) is 0 Å². The predicted octanol–water partition coefficient (Wildman–Crippen LogP) is 4.04. The van der Waals surface area contributed by atoms with Crippen molar-refractivity contribution in [2.45, 2.75) is 38.6 Å². The minimum absolute atomic E-state index is 0.0773. The zero-order valence-electron chi connectivity index (χ0n) is 16.6. The lowest BCUT2D eigenvalue weighted by molar-refractivity contribution is 0.0949. The van der Waals surface area contributed by atoms with Gasteiger partial charge in [-0.15, -0.1) is 10.2 Å². The molecule has 152 valence electrons. The van der Waals surface area contributed by atoms with E-state index in [9.17, 15) is 4.79 Å². The van der Waals surface area contributed by atoms with E-state index in [0.29, 0.717) is 34.6 Å². The molecule has 6 nitrogen and oxygen atoms in total. The van der Waals surface area contributed by atoms with Gasteiger partial charge in [0, 0.05) is 41.5 Å². The summed E-state index contributed by atoms with van der Waals surface area (Å²) >= 11 is 6.08. The molecule has 2 aromatic heterocycles. The number of pyridine rings is 1. The summed E-state index contributed by atoms with van der Waals surface area (Å²) in [6, 6.07) is 11.7. The largest absolute Gasteiger partial charge is 0.352 e. The molecule has 4 rings (SSSR count). The molecule has 0 spiro atoms. The van der Waals surface area contributed by atoms with Crippen molar-refractivity contribution >= 4 is 23.2 Å². The van der Waals surface area contributed by atoms with Crippen LogP contribution in [-0.2, 0) is 0 Å². The fourth-order valence-corrected chi connectivity index (χ4v) is 4.12. The molecule has 0 radical (unpaired) electrons. The maximum Gasteiger partial charge on any atom is 0.251 e. The molecule has 1 saturated heterocycles. The fraction of sp³-hybridized carbons (Fsp3) is 0.409. The normalized spacial score (nSPS) is 17.5. The number of carbonyl (C=O) groups excluding carboxylic acids is 1. The Labute approximate surface area is 175 Å². The lowest BCUT2D eigenvalue weighted by Crippen LogP contribution is -2.39. The van der Waals surface area contributed by atoms with Crippen LogP contribution < -0.4 is 5.32 Å². The molecule has 1 aliphatic rings. The van der Waals surface area contributed by atoms with Crippen molar-refractivity contribution in [3.05, 3.63) is 53.2 Å². The number of nitrogens with zero attached hydrogens (tertiary/aromatic N) is 4. The summed E-state index contributed by atoms with van der Waals surface area (Å²) in [7, 11) is 0. The van der Waals surface area contributed by atoms with E-state index < -0.39 is 0 Å². The fourth-order valence-electron chi connectivity index (χ4n) is 3.93. The number of piperidine rings is 1. The van der Waals surface area contributed by atoms with E-state index in [-0.39, 0.29) is 5.91 Å². The first kappa shape index (κ1) is 19.9. The molecule has 0 bridgehead atoms. The van der Waals surface area contributed by atoms with E-state index in [1.807, 2.05) is 34.9 Å². The Balaban J connectivity index is 1.37. The van der Waals surface area contributed by atoms with E-state index in [4.69, 9.17) is 11.6 Å². The number of benzene rings is 1. The minimum atomic E-state index is -0.0773. The number of rotatable bonds is 6. The zero-order chi connectivity index (χ0) is 20.2. The van der Waals surface area contributed by atoms with Crippen LogP contribution >= 0.6 is 11.6 Å². The van der Waals surface area contributed by atoms with Gasteiger partial charge in [0.15, 0.2) is 11.5 Å². The highest BCUT2D eigenvalue weighted by Gasteiger charge is 2.17. The van der Waals surface area contributed by atoms with Crippen molar-refractivity contribution in [3.63, 3.8) is 0 Å². The number of fused-ring (bicyclic) bond motifs is 1. The number of carbonyl (C=O) groups is 1. The number of amides is 1. The Morgan fingerprint density at radius 3 is 2.97 bits per heavy atom. The summed E-state index contributed by atoms with van der Waals surface area (Å²) < 4.78 is 1.86. The van der Waals surface area contributed by atoms with Gasteiger partial charge in [0.1, 0.15) is 0 Å². The van der Waals surface area contributed by atoms with Gasteiger partial charge in [-0.2, -0.15) is 0 Å². The number of likely N-dealkylation sites (tertiary alicyclic amines) is 1. The number of nitrogens with one attached hydrogen (secondary N) is 1. The molecule has 0 aliphatic carbocycles. The number of halogens is 1. The van der Waals surface area contributed by atoms with Crippen molar-refractivity contribution in [3.8, 4) is 11.4 Å². The molecule has 3 aromatic rings. The molecule has 1 aliphatic heterocycles. The number of hydrogen-bond acceptors (Lipinski definition) is 4. The van der Waals surface area contributed by atoms with Crippen LogP contribution in [0.2, 0.25) is 5.02 Å². The van der Waals surface area contributed by atoms with Gasteiger partial charge in [-0.05, 0) is 57.0 Å². The molecule has 29 heavy (non-hydrogen) atoms. The lowest BCUT2D eigenvalue weighted by atomic mass is 10.0. The molecule has 1 amide bonds. The molecule has 1 N–H and O–H groups in total. The van der Waals surface area contributed by atoms with Crippen molar-refractivity contribution < 1.29 is 4.79 Å². The molecule has 3 heterocycles. The van der Waals surface area contributed by atoms with E-state index in [2.05, 4.69) is 27.3 Å². The molecule has 0 saturated carbocycles. The van der Waals surface area contributed by atoms with Crippen LogP contribution in [0.15, 0.2) is 42.6 Å². The second kappa shape index (κ2) is 8.93. The summed E-state index contributed by atoms with van der Waals surface area (Å²) in [6.07, 6.45) is 6.69. The molecule has 1 fully saturated rings.